The molecule has 0 spiro atoms. The van der Waals surface area contributed by atoms with Crippen LogP contribution < -0.4 is 34.3 Å². The van der Waals surface area contributed by atoms with E-state index >= 15 is 0 Å². The summed E-state index contributed by atoms with van der Waals surface area (Å²) >= 11 is 0. The second-order valence-electron chi connectivity index (χ2n) is 3.11. The van der Waals surface area contributed by atoms with Crippen molar-refractivity contribution in [2.45, 2.75) is 17.9 Å². The summed E-state index contributed by atoms with van der Waals surface area (Å²) in [7, 11) is -4.16. The van der Waals surface area contributed by atoms with Gasteiger partial charge in [-0.15, -0.1) is 0 Å². The maximum Gasteiger partial charge on any atom is 1.00 e. The van der Waals surface area contributed by atoms with Gasteiger partial charge in [-0.25, -0.2) is 0 Å². The first-order valence-corrected chi connectivity index (χ1v) is 5.72. The standard InChI is InChI=1S/C9H12O5S.Na.H/c1-7(10)6-14-8-2-4-9(5-3-8)15(11,12)13;;/h2-5,7,10H,6H2,1H3,(H,11,12,13);;/q;+1;-1. The van der Waals surface area contributed by atoms with Crippen LogP contribution in [-0.2, 0) is 10.1 Å². The molecular formula is C9H13NaO5S. The van der Waals surface area contributed by atoms with Crippen molar-refractivity contribution in [2.24, 2.45) is 0 Å². The molecule has 0 fully saturated rings. The third-order valence-electron chi connectivity index (χ3n) is 1.61. The average molecular weight is 256 g/mol. The normalized spacial score (nSPS) is 12.7. The molecule has 0 radical (unpaired) electrons. The fraction of sp³-hybridized carbons (Fsp3) is 0.333. The fourth-order valence-electron chi connectivity index (χ4n) is 0.925. The molecule has 1 unspecified atom stereocenters. The van der Waals surface area contributed by atoms with Gasteiger partial charge in [0.1, 0.15) is 12.4 Å². The minimum Gasteiger partial charge on any atom is -1.00 e. The molecule has 16 heavy (non-hydrogen) atoms. The van der Waals surface area contributed by atoms with Gasteiger partial charge in [-0.2, -0.15) is 8.42 Å². The Hall–Kier alpha value is -0.110. The smallest absolute Gasteiger partial charge is 1.00 e. The van der Waals surface area contributed by atoms with E-state index in [1.807, 2.05) is 0 Å². The van der Waals surface area contributed by atoms with Crippen LogP contribution in [0.4, 0.5) is 0 Å². The van der Waals surface area contributed by atoms with Crippen molar-refractivity contribution in [3.8, 4) is 5.75 Å². The Morgan fingerprint density at radius 2 is 1.88 bits per heavy atom. The second-order valence-corrected chi connectivity index (χ2v) is 4.53. The summed E-state index contributed by atoms with van der Waals surface area (Å²) in [6, 6.07) is 5.27. The van der Waals surface area contributed by atoms with Gasteiger partial charge in [-0.3, -0.25) is 4.55 Å². The largest absolute Gasteiger partial charge is 1.00 e. The molecule has 1 atom stereocenters. The van der Waals surface area contributed by atoms with E-state index in [1.165, 1.54) is 24.3 Å². The number of hydrogen-bond donors (Lipinski definition) is 2. The Labute approximate surface area is 118 Å². The van der Waals surface area contributed by atoms with Crippen LogP contribution in [0, 0.1) is 0 Å². The van der Waals surface area contributed by atoms with Crippen LogP contribution >= 0.6 is 0 Å². The van der Waals surface area contributed by atoms with Gasteiger partial charge >= 0.3 is 29.6 Å². The number of aliphatic hydroxyl groups excluding tert-OH is 1. The summed E-state index contributed by atoms with van der Waals surface area (Å²) in [4.78, 5) is -0.188. The number of hydrogen-bond acceptors (Lipinski definition) is 4. The van der Waals surface area contributed by atoms with Crippen LogP contribution in [0.25, 0.3) is 0 Å². The molecule has 0 saturated carbocycles. The van der Waals surface area contributed by atoms with Crippen molar-refractivity contribution < 1.29 is 53.8 Å². The molecule has 0 aliphatic carbocycles. The molecule has 1 rings (SSSR count). The molecule has 0 bridgehead atoms. The molecule has 0 saturated heterocycles. The van der Waals surface area contributed by atoms with Gasteiger partial charge in [0.25, 0.3) is 10.1 Å². The molecule has 7 heteroatoms. The van der Waals surface area contributed by atoms with Crippen molar-refractivity contribution in [2.75, 3.05) is 6.61 Å². The van der Waals surface area contributed by atoms with E-state index in [0.29, 0.717) is 5.75 Å². The number of benzene rings is 1. The van der Waals surface area contributed by atoms with Gasteiger partial charge < -0.3 is 11.3 Å². The Morgan fingerprint density at radius 3 is 2.25 bits per heavy atom. The number of ether oxygens (including phenoxy) is 1. The zero-order valence-corrected chi connectivity index (χ0v) is 11.9. The Balaban J connectivity index is 0. The number of aliphatic hydroxyl groups is 1. The van der Waals surface area contributed by atoms with E-state index < -0.39 is 16.2 Å². The van der Waals surface area contributed by atoms with Crippen molar-refractivity contribution in [3.63, 3.8) is 0 Å². The van der Waals surface area contributed by atoms with E-state index in [-0.39, 0.29) is 42.5 Å². The van der Waals surface area contributed by atoms with Crippen LogP contribution in [0.2, 0.25) is 0 Å². The number of rotatable bonds is 4. The maximum atomic E-state index is 10.7. The van der Waals surface area contributed by atoms with Crippen LogP contribution in [0.5, 0.6) is 5.75 Å². The summed E-state index contributed by atoms with van der Waals surface area (Å²) in [6.45, 7) is 1.71. The van der Waals surface area contributed by atoms with Crippen LogP contribution in [0.15, 0.2) is 29.2 Å². The van der Waals surface area contributed by atoms with E-state index in [4.69, 9.17) is 14.4 Å². The Morgan fingerprint density at radius 1 is 1.38 bits per heavy atom. The zero-order valence-electron chi connectivity index (χ0n) is 10.1. The molecule has 0 heterocycles. The summed E-state index contributed by atoms with van der Waals surface area (Å²) in [6.07, 6.45) is -0.591. The molecule has 1 aromatic carbocycles. The van der Waals surface area contributed by atoms with Gasteiger partial charge in [0.05, 0.1) is 11.0 Å². The van der Waals surface area contributed by atoms with Gasteiger partial charge in [-0.1, -0.05) is 0 Å². The summed E-state index contributed by atoms with van der Waals surface area (Å²) in [5, 5.41) is 8.94. The van der Waals surface area contributed by atoms with Crippen molar-refractivity contribution in [3.05, 3.63) is 24.3 Å². The van der Waals surface area contributed by atoms with Crippen LogP contribution in [0.3, 0.4) is 0 Å². The third-order valence-corrected chi connectivity index (χ3v) is 2.48. The first-order chi connectivity index (χ1) is 6.89. The first kappa shape index (κ1) is 15.9. The topological polar surface area (TPSA) is 83.8 Å². The van der Waals surface area contributed by atoms with E-state index in [2.05, 4.69) is 0 Å². The minimum atomic E-state index is -4.16. The van der Waals surface area contributed by atoms with Gasteiger partial charge in [0.2, 0.25) is 0 Å². The summed E-state index contributed by atoms with van der Waals surface area (Å²) in [5.74, 6) is 0.434. The molecule has 0 aliphatic rings. The Kier molecular flexibility index (Phi) is 6.54. The molecule has 0 amide bonds. The van der Waals surface area contributed by atoms with Crippen molar-refractivity contribution >= 4 is 10.1 Å². The monoisotopic (exact) mass is 256 g/mol. The fourth-order valence-corrected chi connectivity index (χ4v) is 1.40. The summed E-state index contributed by atoms with van der Waals surface area (Å²) in [5.41, 5.74) is 0. The van der Waals surface area contributed by atoms with Crippen LogP contribution in [0.1, 0.15) is 8.35 Å². The minimum absolute atomic E-state index is 0. The Bertz CT molecular complexity index is 418. The molecule has 2 N–H and O–H groups in total. The molecule has 5 nitrogen and oxygen atoms in total. The van der Waals surface area contributed by atoms with Gasteiger partial charge in [0.15, 0.2) is 0 Å². The van der Waals surface area contributed by atoms with Gasteiger partial charge in [-0.05, 0) is 31.2 Å². The summed E-state index contributed by atoms with van der Waals surface area (Å²) < 4.78 is 35.2. The predicted molar refractivity (Wildman–Crippen MR) is 54.5 cm³/mol. The quantitative estimate of drug-likeness (QED) is 0.472. The van der Waals surface area contributed by atoms with Crippen LogP contribution in [-0.4, -0.2) is 30.8 Å². The average Bonchev–Trinajstić information content (AvgIpc) is 2.14. The van der Waals surface area contributed by atoms with E-state index in [9.17, 15) is 8.42 Å². The molecular weight excluding hydrogens is 243 g/mol. The van der Waals surface area contributed by atoms with Crippen molar-refractivity contribution in [1.82, 2.24) is 0 Å². The maximum absolute atomic E-state index is 10.7. The van der Waals surface area contributed by atoms with Crippen molar-refractivity contribution in [1.29, 1.82) is 0 Å². The second kappa shape index (κ2) is 6.58. The SMILES string of the molecule is CC(O)COc1ccc(S(=O)(=O)O)cc1.[H-].[Na+]. The van der Waals surface area contributed by atoms with Gasteiger partial charge in [0, 0.05) is 0 Å². The van der Waals surface area contributed by atoms with E-state index in [0.717, 1.165) is 0 Å². The molecule has 0 aromatic heterocycles. The van der Waals surface area contributed by atoms with E-state index in [1.54, 1.807) is 6.92 Å². The zero-order chi connectivity index (χ0) is 11.5. The first-order valence-electron chi connectivity index (χ1n) is 4.28. The third kappa shape index (κ3) is 5.29. The molecule has 1 aromatic rings. The molecule has 86 valence electrons. The molecule has 0 aliphatic heterocycles. The predicted octanol–water partition coefficient (Wildman–Crippen LogP) is -2.19.